The summed E-state index contributed by atoms with van der Waals surface area (Å²) in [4.78, 5) is 1.78. The lowest BCUT2D eigenvalue weighted by molar-refractivity contribution is 0.439. The first-order valence-electron chi connectivity index (χ1n) is 18.8. The van der Waals surface area contributed by atoms with Gasteiger partial charge >= 0.3 is 0 Å². The quantitative estimate of drug-likeness (QED) is 0.149. The van der Waals surface area contributed by atoms with Crippen LogP contribution in [-0.4, -0.2) is 39.5 Å². The highest BCUT2D eigenvalue weighted by Crippen LogP contribution is 2.43. The second-order valence-electron chi connectivity index (χ2n) is 19.5. The Kier molecular flexibility index (Phi) is 10.6. The lowest BCUT2D eigenvalue weighted by Gasteiger charge is -2.28. The molecule has 0 atom stereocenters. The second-order valence-corrected chi connectivity index (χ2v) is 19.9. The molecular weight excluding hydrogens is 675 g/mol. The molecule has 0 aromatic heterocycles. The molecule has 6 heteroatoms. The summed E-state index contributed by atoms with van der Waals surface area (Å²) < 4.78 is 6.63. The fraction of sp³-hybridized carbons (Fsp3) is 0.468. The highest BCUT2D eigenvalue weighted by atomic mass is 32.1. The molecule has 1 aliphatic rings. The molecule has 0 saturated carbocycles. The number of phenolic OH excluding ortho intramolecular Hbond substituents is 3. The average Bonchev–Trinajstić information content (AvgIpc) is 3.01. The van der Waals surface area contributed by atoms with E-state index in [9.17, 15) is 15.3 Å². The maximum Gasteiger partial charge on any atom is 0.264 e. The summed E-state index contributed by atoms with van der Waals surface area (Å²) in [6, 6.07) is 16.9. The number of thiocarbonyl (C=S) groups is 1. The van der Waals surface area contributed by atoms with Crippen molar-refractivity contribution in [2.45, 2.75) is 130 Å². The smallest absolute Gasteiger partial charge is 0.264 e. The molecule has 284 valence electrons. The van der Waals surface area contributed by atoms with Gasteiger partial charge in [-0.3, -0.25) is 0 Å². The molecule has 0 amide bonds. The van der Waals surface area contributed by atoms with Crippen LogP contribution in [0.3, 0.4) is 0 Å². The van der Waals surface area contributed by atoms with E-state index in [1.165, 1.54) is 0 Å². The van der Waals surface area contributed by atoms with Gasteiger partial charge in [-0.25, -0.2) is 0 Å². The molecule has 1 aliphatic carbocycles. The van der Waals surface area contributed by atoms with Crippen LogP contribution in [-0.2, 0) is 47.3 Å². The first-order chi connectivity index (χ1) is 24.2. The standard InChI is InChI=1S/C47H61NO4S/c1-44(2,3)35-19-27-15-29-21-36(45(4,5)6)23-31(40(29)50)17-33-25-38(47(10,11)12)26-34(42(33)52-43(53)48(13)14)18-32-24-37(46(7,8)9)22-30(41(32)51)16-28(20-35)39(27)49/h19-26,49-51H,15-18H2,1-14H3. The van der Waals surface area contributed by atoms with E-state index in [4.69, 9.17) is 17.0 Å². The third kappa shape index (κ3) is 8.70. The first-order valence-corrected chi connectivity index (χ1v) is 19.3. The van der Waals surface area contributed by atoms with Gasteiger partial charge in [-0.15, -0.1) is 0 Å². The van der Waals surface area contributed by atoms with E-state index < -0.39 is 0 Å². The van der Waals surface area contributed by atoms with Crippen molar-refractivity contribution in [2.75, 3.05) is 14.1 Å². The van der Waals surface area contributed by atoms with Crippen LogP contribution in [0.1, 0.15) is 150 Å². The summed E-state index contributed by atoms with van der Waals surface area (Å²) in [5.74, 6) is 1.27. The van der Waals surface area contributed by atoms with Crippen LogP contribution in [0, 0.1) is 0 Å². The minimum absolute atomic E-state index is 0.197. The Balaban J connectivity index is 1.94. The summed E-state index contributed by atoms with van der Waals surface area (Å²) in [6.07, 6.45) is 1.46. The van der Waals surface area contributed by atoms with E-state index in [2.05, 4.69) is 132 Å². The first kappa shape index (κ1) is 40.2. The van der Waals surface area contributed by atoms with Crippen molar-refractivity contribution in [3.05, 3.63) is 115 Å². The Labute approximate surface area is 324 Å². The summed E-state index contributed by atoms with van der Waals surface area (Å²) in [5, 5.41) is 36.7. The normalized spacial score (nSPS) is 13.8. The van der Waals surface area contributed by atoms with Crippen LogP contribution in [0.2, 0.25) is 0 Å². The number of aromatic hydroxyl groups is 3. The molecule has 0 fully saturated rings. The summed E-state index contributed by atoms with van der Waals surface area (Å²) in [7, 11) is 3.74. The summed E-state index contributed by atoms with van der Waals surface area (Å²) in [5.41, 5.74) is 9.99. The zero-order valence-corrected chi connectivity index (χ0v) is 35.4. The molecule has 3 N–H and O–H groups in total. The summed E-state index contributed by atoms with van der Waals surface area (Å²) >= 11 is 5.76. The molecule has 4 aromatic carbocycles. The molecule has 0 spiro atoms. The van der Waals surface area contributed by atoms with E-state index in [1.54, 1.807) is 4.90 Å². The van der Waals surface area contributed by atoms with Crippen molar-refractivity contribution in [3.63, 3.8) is 0 Å². The van der Waals surface area contributed by atoms with Crippen molar-refractivity contribution in [3.8, 4) is 23.0 Å². The molecule has 0 radical (unpaired) electrons. The van der Waals surface area contributed by atoms with E-state index >= 15 is 0 Å². The minimum Gasteiger partial charge on any atom is -0.507 e. The van der Waals surface area contributed by atoms with Crippen molar-refractivity contribution in [1.29, 1.82) is 0 Å². The number of benzene rings is 4. The third-order valence-corrected chi connectivity index (χ3v) is 11.0. The van der Waals surface area contributed by atoms with Crippen molar-refractivity contribution >= 4 is 17.4 Å². The van der Waals surface area contributed by atoms with Gasteiger partial charge in [0.1, 0.15) is 23.0 Å². The van der Waals surface area contributed by atoms with Gasteiger partial charge < -0.3 is 25.0 Å². The van der Waals surface area contributed by atoms with Crippen LogP contribution in [0.25, 0.3) is 0 Å². The van der Waals surface area contributed by atoms with E-state index in [0.29, 0.717) is 36.6 Å². The third-order valence-electron chi connectivity index (χ3n) is 10.6. The van der Waals surface area contributed by atoms with Crippen molar-refractivity contribution < 1.29 is 20.1 Å². The second kappa shape index (κ2) is 14.0. The molecule has 0 aliphatic heterocycles. The Hall–Kier alpha value is -4.03. The maximum absolute atomic E-state index is 12.2. The molecule has 5 rings (SSSR count). The predicted octanol–water partition coefficient (Wildman–Crippen LogP) is 10.9. The number of hydrogen-bond donors (Lipinski definition) is 3. The zero-order valence-electron chi connectivity index (χ0n) is 34.6. The lowest BCUT2D eigenvalue weighted by atomic mass is 9.79. The number of rotatable bonds is 1. The highest BCUT2D eigenvalue weighted by Gasteiger charge is 2.28. The van der Waals surface area contributed by atoms with E-state index in [0.717, 1.165) is 66.8 Å². The van der Waals surface area contributed by atoms with Crippen LogP contribution < -0.4 is 4.74 Å². The maximum atomic E-state index is 12.2. The topological polar surface area (TPSA) is 73.2 Å². The monoisotopic (exact) mass is 735 g/mol. The molecule has 5 nitrogen and oxygen atoms in total. The van der Waals surface area contributed by atoms with Gasteiger partial charge in [-0.05, 0) is 101 Å². The Morgan fingerprint density at radius 2 is 0.660 bits per heavy atom. The number of phenols is 3. The SMILES string of the molecule is CN(C)C(=S)Oc1c2cc(C(C)(C)C)cc1Cc1cc(C(C)(C)C)cc(c1O)Cc1cc(C(C)(C)C)cc(c1O)Cc1cc(C(C)(C)C)cc(c1O)C2. The zero-order chi connectivity index (χ0) is 39.6. The lowest BCUT2D eigenvalue weighted by Crippen LogP contribution is -2.26. The van der Waals surface area contributed by atoms with Gasteiger partial charge in [0.05, 0.1) is 0 Å². The average molecular weight is 736 g/mol. The van der Waals surface area contributed by atoms with E-state index in [1.807, 2.05) is 14.1 Å². The molecule has 4 aromatic rings. The van der Waals surface area contributed by atoms with E-state index in [-0.39, 0.29) is 38.9 Å². The number of nitrogens with zero attached hydrogens (tertiary/aromatic N) is 1. The fourth-order valence-electron chi connectivity index (χ4n) is 6.97. The number of ether oxygens (including phenoxy) is 1. The minimum atomic E-state index is -0.201. The highest BCUT2D eigenvalue weighted by molar-refractivity contribution is 7.80. The van der Waals surface area contributed by atoms with Crippen molar-refractivity contribution in [2.24, 2.45) is 0 Å². The summed E-state index contributed by atoms with van der Waals surface area (Å²) in [6.45, 7) is 26.2. The predicted molar refractivity (Wildman–Crippen MR) is 224 cm³/mol. The van der Waals surface area contributed by atoms with Gasteiger partial charge in [0.15, 0.2) is 0 Å². The Bertz CT molecular complexity index is 1950. The van der Waals surface area contributed by atoms with Crippen LogP contribution >= 0.6 is 12.2 Å². The molecule has 0 saturated heterocycles. The van der Waals surface area contributed by atoms with Gasteiger partial charge in [0.2, 0.25) is 0 Å². The Morgan fingerprint density at radius 1 is 0.453 bits per heavy atom. The van der Waals surface area contributed by atoms with Crippen LogP contribution in [0.5, 0.6) is 23.0 Å². The van der Waals surface area contributed by atoms with Gasteiger partial charge in [0.25, 0.3) is 5.17 Å². The number of fused-ring (bicyclic) bond motifs is 8. The molecule has 53 heavy (non-hydrogen) atoms. The van der Waals surface area contributed by atoms with Gasteiger partial charge in [-0.2, -0.15) is 0 Å². The fourth-order valence-corrected chi connectivity index (χ4v) is 7.05. The van der Waals surface area contributed by atoms with Crippen LogP contribution in [0.4, 0.5) is 0 Å². The van der Waals surface area contributed by atoms with Crippen molar-refractivity contribution in [1.82, 2.24) is 4.90 Å². The molecule has 0 unspecified atom stereocenters. The number of hydrogen-bond acceptors (Lipinski definition) is 5. The largest absolute Gasteiger partial charge is 0.507 e. The van der Waals surface area contributed by atoms with Gasteiger partial charge in [-0.1, -0.05) is 132 Å². The van der Waals surface area contributed by atoms with Gasteiger partial charge in [0, 0.05) is 39.8 Å². The Morgan fingerprint density at radius 3 is 0.868 bits per heavy atom. The van der Waals surface area contributed by atoms with Crippen LogP contribution in [0.15, 0.2) is 48.5 Å². The molecule has 8 bridgehead atoms. The molecule has 0 heterocycles. The molecular formula is C47H61NO4S.